The number of fused-ring (bicyclic) bond motifs is 2. The van der Waals surface area contributed by atoms with Crippen molar-refractivity contribution in [3.8, 4) is 21.7 Å². The molecule has 0 spiro atoms. The second kappa shape index (κ2) is 11.1. The number of methoxy groups -OCH3 is 1. The summed E-state index contributed by atoms with van der Waals surface area (Å²) in [7, 11) is 1.67. The molecule has 1 aliphatic rings. The molecule has 0 bridgehead atoms. The van der Waals surface area contributed by atoms with Crippen LogP contribution in [0.25, 0.3) is 31.9 Å². The van der Waals surface area contributed by atoms with Crippen molar-refractivity contribution in [1.82, 2.24) is 20.6 Å². The predicted octanol–water partition coefficient (Wildman–Crippen LogP) is 5.25. The first kappa shape index (κ1) is 25.0. The van der Waals surface area contributed by atoms with Crippen LogP contribution in [0, 0.1) is 0 Å². The fourth-order valence-electron chi connectivity index (χ4n) is 4.66. The van der Waals surface area contributed by atoms with Crippen LogP contribution in [-0.2, 0) is 16.0 Å². The molecule has 4 aromatic rings. The second-order valence-corrected chi connectivity index (χ2v) is 11.2. The number of nitrogens with zero attached hydrogens (tertiary/aromatic N) is 2. The van der Waals surface area contributed by atoms with E-state index in [1.165, 1.54) is 10.4 Å². The third-order valence-electron chi connectivity index (χ3n) is 6.36. The molecule has 0 radical (unpaired) electrons. The molecule has 0 saturated carbocycles. The fourth-order valence-corrected chi connectivity index (χ4v) is 7.07. The van der Waals surface area contributed by atoms with E-state index >= 15 is 0 Å². The van der Waals surface area contributed by atoms with E-state index in [1.54, 1.807) is 29.8 Å². The number of rotatable bonds is 9. The number of pyridine rings is 1. The highest BCUT2D eigenvalue weighted by Gasteiger charge is 2.30. The first-order chi connectivity index (χ1) is 17.5. The van der Waals surface area contributed by atoms with Crippen molar-refractivity contribution >= 4 is 43.8 Å². The van der Waals surface area contributed by atoms with Gasteiger partial charge in [0.05, 0.1) is 16.8 Å². The number of nitrogens with one attached hydrogen (secondary N) is 3. The maximum absolute atomic E-state index is 12.8. The second-order valence-electron chi connectivity index (χ2n) is 9.12. The number of thiazole rings is 1. The minimum absolute atomic E-state index is 0.00880. The molecule has 0 saturated heterocycles. The number of hydrogen-bond acceptors (Lipinski definition) is 8. The molecule has 7 nitrogen and oxygen atoms in total. The van der Waals surface area contributed by atoms with E-state index in [2.05, 4.69) is 53.0 Å². The van der Waals surface area contributed by atoms with E-state index in [-0.39, 0.29) is 11.9 Å². The zero-order valence-corrected chi connectivity index (χ0v) is 22.4. The van der Waals surface area contributed by atoms with Crippen LogP contribution in [0.5, 0.6) is 0 Å². The van der Waals surface area contributed by atoms with Gasteiger partial charge in [-0.3, -0.25) is 9.78 Å². The van der Waals surface area contributed by atoms with Gasteiger partial charge in [-0.25, -0.2) is 4.98 Å². The van der Waals surface area contributed by atoms with Gasteiger partial charge in [0.1, 0.15) is 10.0 Å². The Morgan fingerprint density at radius 3 is 2.78 bits per heavy atom. The maximum atomic E-state index is 12.8. The van der Waals surface area contributed by atoms with Crippen molar-refractivity contribution < 1.29 is 9.53 Å². The van der Waals surface area contributed by atoms with Gasteiger partial charge in [0.25, 0.3) is 0 Å². The summed E-state index contributed by atoms with van der Waals surface area (Å²) in [5.41, 5.74) is 5.65. The minimum atomic E-state index is 0.00880. The minimum Gasteiger partial charge on any atom is -0.383 e. The molecule has 2 atom stereocenters. The highest BCUT2D eigenvalue weighted by Crippen LogP contribution is 2.47. The lowest BCUT2D eigenvalue weighted by Gasteiger charge is -2.26. The van der Waals surface area contributed by atoms with E-state index in [0.717, 1.165) is 49.9 Å². The van der Waals surface area contributed by atoms with Gasteiger partial charge in [-0.05, 0) is 61.2 Å². The molecule has 4 heterocycles. The molecule has 5 rings (SSSR count). The number of carbonyl (C=O) groups excluding carboxylic acids is 1. The summed E-state index contributed by atoms with van der Waals surface area (Å²) >= 11 is 3.37. The molecular weight excluding hydrogens is 490 g/mol. The van der Waals surface area contributed by atoms with E-state index in [9.17, 15) is 4.79 Å². The molecular formula is C27H31N5O2S2. The third kappa shape index (κ3) is 5.35. The summed E-state index contributed by atoms with van der Waals surface area (Å²) in [5, 5.41) is 12.0. The van der Waals surface area contributed by atoms with Gasteiger partial charge in [-0.1, -0.05) is 6.07 Å². The number of carbonyl (C=O) groups is 1. The quantitative estimate of drug-likeness (QED) is 0.261. The summed E-state index contributed by atoms with van der Waals surface area (Å²) in [6.07, 6.45) is 4.95. The zero-order valence-electron chi connectivity index (χ0n) is 20.8. The van der Waals surface area contributed by atoms with E-state index in [4.69, 9.17) is 9.72 Å². The van der Waals surface area contributed by atoms with Gasteiger partial charge in [0.2, 0.25) is 5.91 Å². The standard InChI is InChI=1S/C27H31N5O2S2/c1-16-14-20-24(26-31-21-5-4-19(15-22(21)35-26)18-6-9-28-10-7-18)27(36-25(20)17(2)30-16)32-23(33)8-11-29-12-13-34-3/h4-7,9-10,15-17,29-30H,8,11-14H2,1-3H3,(H,32,33). The molecule has 3 aromatic heterocycles. The van der Waals surface area contributed by atoms with Gasteiger partial charge >= 0.3 is 0 Å². The number of hydrogen-bond donors (Lipinski definition) is 3. The van der Waals surface area contributed by atoms with E-state index < -0.39 is 0 Å². The predicted molar refractivity (Wildman–Crippen MR) is 149 cm³/mol. The van der Waals surface area contributed by atoms with Crippen LogP contribution in [0.3, 0.4) is 0 Å². The Bertz CT molecular complexity index is 1350. The van der Waals surface area contributed by atoms with Gasteiger partial charge in [-0.15, -0.1) is 22.7 Å². The highest BCUT2D eigenvalue weighted by atomic mass is 32.1. The van der Waals surface area contributed by atoms with Crippen LogP contribution in [0.15, 0.2) is 42.7 Å². The Labute approximate surface area is 219 Å². The Hall–Kier alpha value is -2.69. The Balaban J connectivity index is 1.47. The molecule has 188 valence electrons. The third-order valence-corrected chi connectivity index (χ3v) is 8.72. The molecule has 1 aliphatic heterocycles. The van der Waals surface area contributed by atoms with Crippen LogP contribution < -0.4 is 16.0 Å². The topological polar surface area (TPSA) is 88.2 Å². The van der Waals surface area contributed by atoms with E-state index in [1.807, 2.05) is 24.5 Å². The molecule has 3 N–H and O–H groups in total. The lowest BCUT2D eigenvalue weighted by Crippen LogP contribution is -2.35. The highest BCUT2D eigenvalue weighted by molar-refractivity contribution is 7.23. The van der Waals surface area contributed by atoms with Gasteiger partial charge in [0, 0.05) is 61.5 Å². The Morgan fingerprint density at radius 2 is 1.97 bits per heavy atom. The van der Waals surface area contributed by atoms with Crippen molar-refractivity contribution in [2.45, 2.75) is 38.8 Å². The Kier molecular flexibility index (Phi) is 7.73. The summed E-state index contributed by atoms with van der Waals surface area (Å²) in [4.78, 5) is 23.3. The smallest absolute Gasteiger partial charge is 0.226 e. The van der Waals surface area contributed by atoms with Crippen LogP contribution in [0.1, 0.15) is 36.8 Å². The van der Waals surface area contributed by atoms with Crippen LogP contribution >= 0.6 is 22.7 Å². The average molecular weight is 522 g/mol. The molecule has 36 heavy (non-hydrogen) atoms. The first-order valence-corrected chi connectivity index (χ1v) is 13.9. The molecule has 2 unspecified atom stereocenters. The van der Waals surface area contributed by atoms with E-state index in [0.29, 0.717) is 25.6 Å². The fraction of sp³-hybridized carbons (Fsp3) is 0.370. The number of benzene rings is 1. The van der Waals surface area contributed by atoms with Gasteiger partial charge < -0.3 is 20.7 Å². The number of thiophene rings is 1. The summed E-state index contributed by atoms with van der Waals surface area (Å²) in [6.45, 7) is 6.39. The molecule has 1 aromatic carbocycles. The maximum Gasteiger partial charge on any atom is 0.226 e. The van der Waals surface area contributed by atoms with Crippen molar-refractivity contribution in [3.63, 3.8) is 0 Å². The van der Waals surface area contributed by atoms with Crippen LogP contribution in [0.4, 0.5) is 5.00 Å². The molecule has 0 fully saturated rings. The summed E-state index contributed by atoms with van der Waals surface area (Å²) in [6, 6.07) is 11.0. The molecule has 9 heteroatoms. The Morgan fingerprint density at radius 1 is 1.14 bits per heavy atom. The number of anilines is 1. The van der Waals surface area contributed by atoms with Crippen molar-refractivity contribution in [3.05, 3.63) is 53.2 Å². The first-order valence-electron chi connectivity index (χ1n) is 12.3. The zero-order chi connectivity index (χ0) is 25.1. The number of amides is 1. The largest absolute Gasteiger partial charge is 0.383 e. The molecule has 0 aliphatic carbocycles. The van der Waals surface area contributed by atoms with Crippen molar-refractivity contribution in [2.75, 3.05) is 32.1 Å². The number of ether oxygens (including phenoxy) is 1. The summed E-state index contributed by atoms with van der Waals surface area (Å²) in [5.74, 6) is 0.00880. The van der Waals surface area contributed by atoms with Gasteiger partial charge in [-0.2, -0.15) is 0 Å². The monoisotopic (exact) mass is 521 g/mol. The van der Waals surface area contributed by atoms with Crippen molar-refractivity contribution in [2.24, 2.45) is 0 Å². The average Bonchev–Trinajstić information content (AvgIpc) is 3.44. The summed E-state index contributed by atoms with van der Waals surface area (Å²) < 4.78 is 6.19. The van der Waals surface area contributed by atoms with Gasteiger partial charge in [0.15, 0.2) is 0 Å². The van der Waals surface area contributed by atoms with Crippen molar-refractivity contribution in [1.29, 1.82) is 0 Å². The molecule has 1 amide bonds. The van der Waals surface area contributed by atoms with Crippen LogP contribution in [0.2, 0.25) is 0 Å². The van der Waals surface area contributed by atoms with Crippen LogP contribution in [-0.4, -0.2) is 48.7 Å². The lowest BCUT2D eigenvalue weighted by atomic mass is 9.95. The number of aromatic nitrogens is 2. The normalized spacial score (nSPS) is 17.3. The SMILES string of the molecule is COCCNCCC(=O)Nc1sc2c(c1-c1nc3ccc(-c4ccncc4)cc3s1)CC(C)NC2C. The lowest BCUT2D eigenvalue weighted by molar-refractivity contribution is -0.116.